The largest absolute Gasteiger partial charge is 0.384 e. The zero-order chi connectivity index (χ0) is 7.40. The number of nitrogens with zero attached hydrogens (tertiary/aromatic N) is 2. The van der Waals surface area contributed by atoms with Gasteiger partial charge in [-0.3, -0.25) is 0 Å². The maximum atomic E-state index is 4.88. The molecule has 0 spiro atoms. The van der Waals surface area contributed by atoms with E-state index in [9.17, 15) is 0 Å². The van der Waals surface area contributed by atoms with Gasteiger partial charge in [0, 0.05) is 13.5 Å². The summed E-state index contributed by atoms with van der Waals surface area (Å²) in [6.45, 7) is 0.701. The summed E-state index contributed by atoms with van der Waals surface area (Å²) in [5.41, 5.74) is 0. The molecule has 0 amide bonds. The van der Waals surface area contributed by atoms with Gasteiger partial charge in [0.25, 0.3) is 0 Å². The predicted octanol–water partition coefficient (Wildman–Crippen LogP) is 1.33. The third kappa shape index (κ3) is 2.47. The summed E-state index contributed by atoms with van der Waals surface area (Å²) in [4.78, 5) is 4.16. The van der Waals surface area contributed by atoms with Crippen LogP contribution in [-0.2, 0) is 11.2 Å². The Kier molecular flexibility index (Phi) is 3.50. The van der Waals surface area contributed by atoms with Crippen molar-refractivity contribution < 1.29 is 4.74 Å². The van der Waals surface area contributed by atoms with E-state index >= 15 is 0 Å². The van der Waals surface area contributed by atoms with Crippen molar-refractivity contribution in [3.63, 3.8) is 0 Å². The van der Waals surface area contributed by atoms with Crippen LogP contribution in [0, 0.1) is 3.01 Å². The van der Waals surface area contributed by atoms with E-state index in [0.717, 1.165) is 15.3 Å². The summed E-state index contributed by atoms with van der Waals surface area (Å²) in [7, 11) is 1.68. The first-order chi connectivity index (χ1) is 4.83. The van der Waals surface area contributed by atoms with Crippen molar-refractivity contribution in [1.29, 1.82) is 0 Å². The van der Waals surface area contributed by atoms with Crippen LogP contribution < -0.4 is 0 Å². The standard InChI is InChI=1S/C5H7IN2OS/c1-9-3-2-4-7-5(6)10-8-4/h2-3H2,1H3. The van der Waals surface area contributed by atoms with E-state index in [2.05, 4.69) is 31.9 Å². The zero-order valence-corrected chi connectivity index (χ0v) is 8.48. The topological polar surface area (TPSA) is 35.0 Å². The van der Waals surface area contributed by atoms with Gasteiger partial charge in [0.2, 0.25) is 0 Å². The summed E-state index contributed by atoms with van der Waals surface area (Å²) in [5, 5.41) is 0. The van der Waals surface area contributed by atoms with Crippen LogP contribution in [0.2, 0.25) is 0 Å². The summed E-state index contributed by atoms with van der Waals surface area (Å²) >= 11 is 3.58. The van der Waals surface area contributed by atoms with Gasteiger partial charge in [0.1, 0.15) is 5.82 Å². The highest BCUT2D eigenvalue weighted by molar-refractivity contribution is 14.1. The molecular weight excluding hydrogens is 263 g/mol. The van der Waals surface area contributed by atoms with E-state index in [0.29, 0.717) is 6.61 Å². The van der Waals surface area contributed by atoms with Gasteiger partial charge >= 0.3 is 0 Å². The molecule has 0 bridgehead atoms. The number of methoxy groups -OCH3 is 1. The Morgan fingerprint density at radius 3 is 3.00 bits per heavy atom. The van der Waals surface area contributed by atoms with E-state index in [-0.39, 0.29) is 0 Å². The Balaban J connectivity index is 2.42. The minimum atomic E-state index is 0.701. The van der Waals surface area contributed by atoms with Gasteiger partial charge in [-0.2, -0.15) is 4.37 Å². The molecule has 56 valence electrons. The molecule has 0 atom stereocenters. The summed E-state index contributed by atoms with van der Waals surface area (Å²) < 4.78 is 9.96. The van der Waals surface area contributed by atoms with Crippen LogP contribution in [0.25, 0.3) is 0 Å². The fourth-order valence-corrected chi connectivity index (χ4v) is 1.56. The van der Waals surface area contributed by atoms with Crippen LogP contribution in [0.15, 0.2) is 0 Å². The minimum absolute atomic E-state index is 0.701. The van der Waals surface area contributed by atoms with Crippen LogP contribution >= 0.6 is 34.1 Å². The summed E-state index contributed by atoms with van der Waals surface area (Å²) in [5.74, 6) is 0.885. The first-order valence-electron chi connectivity index (χ1n) is 2.80. The maximum absolute atomic E-state index is 4.88. The predicted molar refractivity (Wildman–Crippen MR) is 48.2 cm³/mol. The first-order valence-corrected chi connectivity index (χ1v) is 4.65. The lowest BCUT2D eigenvalue weighted by Gasteiger charge is -1.90. The molecule has 10 heavy (non-hydrogen) atoms. The molecule has 0 saturated heterocycles. The zero-order valence-electron chi connectivity index (χ0n) is 5.50. The van der Waals surface area contributed by atoms with E-state index in [1.165, 1.54) is 11.5 Å². The second kappa shape index (κ2) is 4.20. The van der Waals surface area contributed by atoms with Crippen LogP contribution in [0.5, 0.6) is 0 Å². The van der Waals surface area contributed by atoms with Crippen molar-refractivity contribution in [1.82, 2.24) is 9.36 Å². The smallest absolute Gasteiger partial charge is 0.173 e. The summed E-state index contributed by atoms with van der Waals surface area (Å²) in [6.07, 6.45) is 0.815. The lowest BCUT2D eigenvalue weighted by Crippen LogP contribution is -1.95. The van der Waals surface area contributed by atoms with Crippen molar-refractivity contribution in [3.8, 4) is 0 Å². The molecule has 0 aliphatic carbocycles. The fraction of sp³-hybridized carbons (Fsp3) is 0.600. The highest BCUT2D eigenvalue weighted by Crippen LogP contribution is 2.07. The van der Waals surface area contributed by atoms with E-state index in [1.54, 1.807) is 7.11 Å². The van der Waals surface area contributed by atoms with Gasteiger partial charge in [-0.25, -0.2) is 4.98 Å². The van der Waals surface area contributed by atoms with Gasteiger partial charge in [-0.1, -0.05) is 0 Å². The van der Waals surface area contributed by atoms with Gasteiger partial charge < -0.3 is 4.74 Å². The van der Waals surface area contributed by atoms with E-state index in [4.69, 9.17) is 4.74 Å². The Morgan fingerprint density at radius 1 is 1.70 bits per heavy atom. The van der Waals surface area contributed by atoms with Crippen LogP contribution in [-0.4, -0.2) is 23.1 Å². The molecule has 0 radical (unpaired) electrons. The second-order valence-electron chi connectivity index (χ2n) is 1.71. The molecule has 0 saturated carbocycles. The molecule has 5 heteroatoms. The summed E-state index contributed by atoms with van der Waals surface area (Å²) in [6, 6.07) is 0. The van der Waals surface area contributed by atoms with Gasteiger partial charge in [-0.05, 0) is 34.1 Å². The van der Waals surface area contributed by atoms with E-state index in [1.807, 2.05) is 0 Å². The quantitative estimate of drug-likeness (QED) is 0.777. The highest BCUT2D eigenvalue weighted by Gasteiger charge is 1.98. The average molecular weight is 270 g/mol. The monoisotopic (exact) mass is 270 g/mol. The molecule has 0 N–H and O–H groups in total. The fourth-order valence-electron chi connectivity index (χ4n) is 0.528. The third-order valence-corrected chi connectivity index (χ3v) is 2.35. The molecule has 0 unspecified atom stereocenters. The molecule has 1 aromatic heterocycles. The highest BCUT2D eigenvalue weighted by atomic mass is 127. The normalized spacial score (nSPS) is 10.2. The van der Waals surface area contributed by atoms with Crippen LogP contribution in [0.4, 0.5) is 0 Å². The molecule has 0 fully saturated rings. The number of rotatable bonds is 3. The molecule has 0 aliphatic heterocycles. The first kappa shape index (κ1) is 8.35. The third-order valence-electron chi connectivity index (χ3n) is 0.973. The average Bonchev–Trinajstić information content (AvgIpc) is 2.31. The lowest BCUT2D eigenvalue weighted by atomic mass is 10.4. The van der Waals surface area contributed by atoms with Crippen molar-refractivity contribution in [2.75, 3.05) is 13.7 Å². The van der Waals surface area contributed by atoms with Crippen LogP contribution in [0.1, 0.15) is 5.82 Å². The van der Waals surface area contributed by atoms with Crippen molar-refractivity contribution in [2.24, 2.45) is 0 Å². The molecular formula is C5H7IN2OS. The van der Waals surface area contributed by atoms with Crippen LogP contribution in [0.3, 0.4) is 0 Å². The Labute approximate surface area is 77.1 Å². The number of hydrogen-bond donors (Lipinski definition) is 0. The molecule has 0 aromatic carbocycles. The molecule has 1 aromatic rings. The Morgan fingerprint density at radius 2 is 2.50 bits per heavy atom. The SMILES string of the molecule is COCCc1nsc(I)n1. The van der Waals surface area contributed by atoms with Gasteiger partial charge in [0.05, 0.1) is 6.61 Å². The second-order valence-corrected chi connectivity index (χ2v) is 4.21. The molecule has 1 heterocycles. The number of aromatic nitrogens is 2. The molecule has 1 rings (SSSR count). The number of halogens is 1. The van der Waals surface area contributed by atoms with Gasteiger partial charge in [0.15, 0.2) is 3.01 Å². The van der Waals surface area contributed by atoms with Crippen molar-refractivity contribution >= 4 is 34.1 Å². The Bertz CT molecular complexity index is 203. The van der Waals surface area contributed by atoms with Crippen molar-refractivity contribution in [2.45, 2.75) is 6.42 Å². The van der Waals surface area contributed by atoms with Gasteiger partial charge in [-0.15, -0.1) is 0 Å². The number of hydrogen-bond acceptors (Lipinski definition) is 4. The number of ether oxygens (including phenoxy) is 1. The maximum Gasteiger partial charge on any atom is 0.173 e. The molecule has 3 nitrogen and oxygen atoms in total. The minimum Gasteiger partial charge on any atom is -0.384 e. The Hall–Kier alpha value is 0.250. The lowest BCUT2D eigenvalue weighted by molar-refractivity contribution is 0.201. The molecule has 0 aliphatic rings. The van der Waals surface area contributed by atoms with Crippen molar-refractivity contribution in [3.05, 3.63) is 8.84 Å². The van der Waals surface area contributed by atoms with E-state index < -0.39 is 0 Å².